The lowest BCUT2D eigenvalue weighted by Crippen LogP contribution is -2.35. The molecule has 0 N–H and O–H groups in total. The molecule has 0 spiro atoms. The Bertz CT molecular complexity index is 161. The molecule has 70 valence electrons. The van der Waals surface area contributed by atoms with E-state index in [0.29, 0.717) is 11.1 Å². The van der Waals surface area contributed by atoms with E-state index < -0.39 is 0 Å². The average Bonchev–Trinajstić information content (AvgIpc) is 2.16. The first-order valence-electron chi connectivity index (χ1n) is 4.35. The highest BCUT2D eigenvalue weighted by molar-refractivity contribution is 6.29. The minimum absolute atomic E-state index is 0.461. The topological polar surface area (TPSA) is 12.5 Å². The fourth-order valence-corrected chi connectivity index (χ4v) is 1.56. The van der Waals surface area contributed by atoms with Crippen molar-refractivity contribution >= 4 is 11.6 Å². The van der Waals surface area contributed by atoms with E-state index in [1.807, 2.05) is 0 Å². The molecule has 2 nitrogen and oxygen atoms in total. The van der Waals surface area contributed by atoms with Gasteiger partial charge in [0.25, 0.3) is 0 Å². The van der Waals surface area contributed by atoms with Gasteiger partial charge in [-0.2, -0.15) is 0 Å². The highest BCUT2D eigenvalue weighted by Crippen LogP contribution is 2.10. The Morgan fingerprint density at radius 1 is 1.75 bits per heavy atom. The van der Waals surface area contributed by atoms with Crippen LogP contribution >= 0.6 is 11.6 Å². The van der Waals surface area contributed by atoms with Gasteiger partial charge in [0.05, 0.1) is 6.61 Å². The van der Waals surface area contributed by atoms with Crippen LogP contribution in [0.15, 0.2) is 11.6 Å². The minimum atomic E-state index is 0.461. The molecule has 0 aliphatic carbocycles. The average molecular weight is 190 g/mol. The van der Waals surface area contributed by atoms with Crippen molar-refractivity contribution in [3.05, 3.63) is 11.6 Å². The third-order valence-electron chi connectivity index (χ3n) is 2.09. The molecule has 1 atom stereocenters. The van der Waals surface area contributed by atoms with Crippen LogP contribution in [-0.2, 0) is 4.74 Å². The van der Waals surface area contributed by atoms with Gasteiger partial charge in [-0.15, -0.1) is 0 Å². The molecule has 0 aromatic heterocycles. The van der Waals surface area contributed by atoms with Crippen molar-refractivity contribution in [2.24, 2.45) is 0 Å². The van der Waals surface area contributed by atoms with Crippen molar-refractivity contribution < 1.29 is 4.74 Å². The molecule has 3 heteroatoms. The summed E-state index contributed by atoms with van der Waals surface area (Å²) in [5, 5.41) is 0.712. The van der Waals surface area contributed by atoms with Gasteiger partial charge in [0, 0.05) is 30.8 Å². The van der Waals surface area contributed by atoms with Gasteiger partial charge in [-0.05, 0) is 13.3 Å². The summed E-state index contributed by atoms with van der Waals surface area (Å²) < 4.78 is 5.40. The van der Waals surface area contributed by atoms with E-state index in [1.54, 1.807) is 0 Å². The summed E-state index contributed by atoms with van der Waals surface area (Å²) in [5.74, 6) is 0. The quantitative estimate of drug-likeness (QED) is 0.658. The first kappa shape index (κ1) is 10.0. The molecule has 1 rings (SSSR count). The molecule has 1 unspecified atom stereocenters. The molecular weight excluding hydrogens is 174 g/mol. The Hall–Kier alpha value is -0.0500. The second-order valence-electron chi connectivity index (χ2n) is 3.27. The lowest BCUT2D eigenvalue weighted by molar-refractivity contribution is 0.112. The maximum Gasteiger partial charge on any atom is 0.0619 e. The van der Waals surface area contributed by atoms with Crippen molar-refractivity contribution in [1.82, 2.24) is 4.90 Å². The van der Waals surface area contributed by atoms with Gasteiger partial charge in [-0.25, -0.2) is 0 Å². The lowest BCUT2D eigenvalue weighted by atomic mass is 10.3. The van der Waals surface area contributed by atoms with Crippen molar-refractivity contribution in [3.63, 3.8) is 0 Å². The fourth-order valence-electron chi connectivity index (χ4n) is 1.40. The van der Waals surface area contributed by atoms with Crippen LogP contribution in [0.3, 0.4) is 0 Å². The van der Waals surface area contributed by atoms with Crippen LogP contribution in [0.4, 0.5) is 0 Å². The summed E-state index contributed by atoms with van der Waals surface area (Å²) in [4.78, 5) is 2.31. The summed E-state index contributed by atoms with van der Waals surface area (Å²) in [6.07, 6.45) is 1.09. The highest BCUT2D eigenvalue weighted by atomic mass is 35.5. The van der Waals surface area contributed by atoms with E-state index in [-0.39, 0.29) is 0 Å². The molecule has 1 aliphatic heterocycles. The zero-order chi connectivity index (χ0) is 8.97. The number of ether oxygens (including phenoxy) is 1. The predicted octanol–water partition coefficient (Wildman–Crippen LogP) is 1.85. The monoisotopic (exact) mass is 189 g/mol. The van der Waals surface area contributed by atoms with Crippen LogP contribution in [0.2, 0.25) is 0 Å². The number of halogens is 1. The Labute approximate surface area is 79.1 Å². The number of nitrogens with zero attached hydrogens (tertiary/aromatic N) is 1. The maximum atomic E-state index is 5.75. The van der Waals surface area contributed by atoms with Gasteiger partial charge in [0.15, 0.2) is 0 Å². The number of hydrogen-bond acceptors (Lipinski definition) is 2. The minimum Gasteiger partial charge on any atom is -0.380 e. The normalized spacial score (nSPS) is 26.7. The molecular formula is C9H16ClNO. The predicted molar refractivity (Wildman–Crippen MR) is 51.5 cm³/mol. The van der Waals surface area contributed by atoms with Gasteiger partial charge in [0.2, 0.25) is 0 Å². The van der Waals surface area contributed by atoms with Crippen LogP contribution in [-0.4, -0.2) is 37.2 Å². The highest BCUT2D eigenvalue weighted by Gasteiger charge is 2.16. The molecule has 0 amide bonds. The largest absolute Gasteiger partial charge is 0.380 e. The van der Waals surface area contributed by atoms with Gasteiger partial charge in [-0.3, -0.25) is 4.90 Å². The summed E-state index contributed by atoms with van der Waals surface area (Å²) in [7, 11) is 0. The van der Waals surface area contributed by atoms with E-state index in [2.05, 4.69) is 18.4 Å². The molecule has 0 saturated carbocycles. The van der Waals surface area contributed by atoms with Gasteiger partial charge in [0.1, 0.15) is 0 Å². The Morgan fingerprint density at radius 2 is 2.50 bits per heavy atom. The van der Waals surface area contributed by atoms with Crippen molar-refractivity contribution in [1.29, 1.82) is 0 Å². The third kappa shape index (κ3) is 3.13. The van der Waals surface area contributed by atoms with Crippen LogP contribution in [0.25, 0.3) is 0 Å². The van der Waals surface area contributed by atoms with Gasteiger partial charge >= 0.3 is 0 Å². The summed E-state index contributed by atoms with van der Waals surface area (Å²) in [6.45, 7) is 9.38. The van der Waals surface area contributed by atoms with Crippen LogP contribution in [0.1, 0.15) is 13.3 Å². The lowest BCUT2D eigenvalue weighted by Gasteiger charge is -2.25. The molecule has 1 saturated heterocycles. The first-order valence-corrected chi connectivity index (χ1v) is 4.73. The van der Waals surface area contributed by atoms with E-state index in [9.17, 15) is 0 Å². The van der Waals surface area contributed by atoms with Gasteiger partial charge in [-0.1, -0.05) is 18.2 Å². The van der Waals surface area contributed by atoms with E-state index in [4.69, 9.17) is 16.3 Å². The summed E-state index contributed by atoms with van der Waals surface area (Å²) in [6, 6.07) is 0.461. The molecule has 1 heterocycles. The Morgan fingerprint density at radius 3 is 3.17 bits per heavy atom. The SMILES string of the molecule is C=C(Cl)CN1CCCOCC1C. The molecule has 12 heavy (non-hydrogen) atoms. The van der Waals surface area contributed by atoms with E-state index in [1.165, 1.54) is 0 Å². The molecule has 0 radical (unpaired) electrons. The first-order chi connectivity index (χ1) is 5.70. The van der Waals surface area contributed by atoms with Crippen LogP contribution in [0, 0.1) is 0 Å². The second kappa shape index (κ2) is 4.85. The molecule has 0 aromatic rings. The van der Waals surface area contributed by atoms with E-state index >= 15 is 0 Å². The standard InChI is InChI=1S/C9H16ClNO/c1-8(10)6-11-4-3-5-12-7-9(11)2/h9H,1,3-7H2,2H3. The number of rotatable bonds is 2. The zero-order valence-corrected chi connectivity index (χ0v) is 8.31. The summed E-state index contributed by atoms with van der Waals surface area (Å²) >= 11 is 5.75. The Balaban J connectivity index is 2.41. The maximum absolute atomic E-state index is 5.75. The third-order valence-corrected chi connectivity index (χ3v) is 2.21. The van der Waals surface area contributed by atoms with Crippen molar-refractivity contribution in [3.8, 4) is 0 Å². The van der Waals surface area contributed by atoms with E-state index in [0.717, 1.165) is 32.7 Å². The van der Waals surface area contributed by atoms with Crippen molar-refractivity contribution in [2.75, 3.05) is 26.3 Å². The number of hydrogen-bond donors (Lipinski definition) is 0. The summed E-state index contributed by atoms with van der Waals surface area (Å²) in [5.41, 5.74) is 0. The zero-order valence-electron chi connectivity index (χ0n) is 7.55. The molecule has 0 bridgehead atoms. The smallest absolute Gasteiger partial charge is 0.0619 e. The molecule has 0 aromatic carbocycles. The van der Waals surface area contributed by atoms with Gasteiger partial charge < -0.3 is 4.74 Å². The molecule has 1 aliphatic rings. The molecule has 1 fully saturated rings. The second-order valence-corrected chi connectivity index (χ2v) is 3.80. The van der Waals surface area contributed by atoms with Crippen LogP contribution in [0.5, 0.6) is 0 Å². The Kier molecular flexibility index (Phi) is 4.06. The van der Waals surface area contributed by atoms with Crippen LogP contribution < -0.4 is 0 Å². The fraction of sp³-hybridized carbons (Fsp3) is 0.778. The van der Waals surface area contributed by atoms with Crippen molar-refractivity contribution in [2.45, 2.75) is 19.4 Å².